The first-order valence-corrected chi connectivity index (χ1v) is 11.5. The van der Waals surface area contributed by atoms with Crippen LogP contribution < -0.4 is 5.73 Å². The number of hydrogen-bond donors (Lipinski definition) is 2. The minimum Gasteiger partial charge on any atom is -0.481 e. The van der Waals surface area contributed by atoms with Crippen molar-refractivity contribution in [2.45, 2.75) is 103 Å². The van der Waals surface area contributed by atoms with Crippen LogP contribution >= 0.6 is 0 Å². The lowest BCUT2D eigenvalue weighted by Crippen LogP contribution is -2.52. The number of nitrogens with zero attached hydrogens (tertiary/aromatic N) is 1. The van der Waals surface area contributed by atoms with Gasteiger partial charge in [0.1, 0.15) is 11.7 Å². The number of carbonyl (C=O) groups is 2. The predicted molar refractivity (Wildman–Crippen MR) is 117 cm³/mol. The molecule has 0 heterocycles. The fraction of sp³-hybridized carbons (Fsp3) is 0.913. The summed E-state index contributed by atoms with van der Waals surface area (Å²) in [7, 11) is 5.86. The van der Waals surface area contributed by atoms with Crippen LogP contribution in [0.15, 0.2) is 0 Å². The molecule has 0 saturated heterocycles. The number of unbranched alkanes of at least 4 members (excludes halogenated alkanes) is 12. The van der Waals surface area contributed by atoms with Crippen molar-refractivity contribution in [3.63, 3.8) is 0 Å². The SMILES string of the molecule is CCCCCCCCCCCCCCCC(=O)C(C(=O)O)C(N)C[N+](C)(C)C. The highest BCUT2D eigenvalue weighted by molar-refractivity contribution is 5.99. The number of nitrogens with two attached hydrogens (primary N) is 1. The van der Waals surface area contributed by atoms with E-state index in [0.717, 1.165) is 19.3 Å². The van der Waals surface area contributed by atoms with Crippen molar-refractivity contribution in [1.29, 1.82) is 0 Å². The molecule has 0 aliphatic heterocycles. The number of quaternary nitrogens is 1. The van der Waals surface area contributed by atoms with E-state index in [1.165, 1.54) is 64.2 Å². The van der Waals surface area contributed by atoms with Crippen LogP contribution in [0.1, 0.15) is 96.8 Å². The van der Waals surface area contributed by atoms with Gasteiger partial charge in [-0.1, -0.05) is 84.0 Å². The van der Waals surface area contributed by atoms with E-state index in [-0.39, 0.29) is 5.78 Å². The van der Waals surface area contributed by atoms with E-state index >= 15 is 0 Å². The molecular formula is C23H47N2O3+. The molecule has 5 heteroatoms. The molecule has 0 saturated carbocycles. The summed E-state index contributed by atoms with van der Waals surface area (Å²) < 4.78 is 0.553. The standard InChI is InChI=1S/C23H46N2O3/c1-5-6-7-8-9-10-11-12-13-14-15-16-17-18-21(26)22(23(27)28)20(24)19-25(2,3)4/h20,22H,5-19,24H2,1-4H3/p+1. The fourth-order valence-corrected chi connectivity index (χ4v) is 3.77. The van der Waals surface area contributed by atoms with E-state index in [1.807, 2.05) is 21.1 Å². The van der Waals surface area contributed by atoms with Crippen molar-refractivity contribution < 1.29 is 19.2 Å². The van der Waals surface area contributed by atoms with Crippen LogP contribution in [0.2, 0.25) is 0 Å². The number of carbonyl (C=O) groups excluding carboxylic acids is 1. The van der Waals surface area contributed by atoms with Crippen molar-refractivity contribution in [1.82, 2.24) is 0 Å². The van der Waals surface area contributed by atoms with Crippen LogP contribution in [0.5, 0.6) is 0 Å². The Labute approximate surface area is 173 Å². The highest BCUT2D eigenvalue weighted by atomic mass is 16.4. The van der Waals surface area contributed by atoms with Gasteiger partial charge in [-0.2, -0.15) is 0 Å². The number of likely N-dealkylation sites (N-methyl/N-ethyl adjacent to an activating group) is 1. The minimum absolute atomic E-state index is 0.212. The monoisotopic (exact) mass is 399 g/mol. The Morgan fingerprint density at radius 1 is 0.786 bits per heavy atom. The predicted octanol–water partition coefficient (Wildman–Crippen LogP) is 4.77. The summed E-state index contributed by atoms with van der Waals surface area (Å²) in [4.78, 5) is 23.8. The summed E-state index contributed by atoms with van der Waals surface area (Å²) in [5.74, 6) is -2.37. The van der Waals surface area contributed by atoms with Crippen LogP contribution in [0.25, 0.3) is 0 Å². The number of carboxylic acid groups (broad SMARTS) is 1. The Bertz CT molecular complexity index is 419. The van der Waals surface area contributed by atoms with E-state index in [9.17, 15) is 14.7 Å². The third kappa shape index (κ3) is 15.0. The molecule has 0 aromatic heterocycles. The number of rotatable bonds is 19. The van der Waals surface area contributed by atoms with Gasteiger partial charge in [-0.25, -0.2) is 0 Å². The van der Waals surface area contributed by atoms with Crippen molar-refractivity contribution in [3.05, 3.63) is 0 Å². The summed E-state index contributed by atoms with van der Waals surface area (Å²) >= 11 is 0. The molecule has 3 N–H and O–H groups in total. The first kappa shape index (κ1) is 27.1. The van der Waals surface area contributed by atoms with Crippen LogP contribution in [0, 0.1) is 5.92 Å². The van der Waals surface area contributed by atoms with Crippen molar-refractivity contribution >= 4 is 11.8 Å². The molecule has 0 aromatic rings. The highest BCUT2D eigenvalue weighted by Gasteiger charge is 2.34. The van der Waals surface area contributed by atoms with Crippen LogP contribution in [-0.4, -0.2) is 55.1 Å². The summed E-state index contributed by atoms with van der Waals surface area (Å²) in [6.07, 6.45) is 16.6. The Kier molecular flexibility index (Phi) is 15.4. The molecule has 0 rings (SSSR count). The average molecular weight is 400 g/mol. The van der Waals surface area contributed by atoms with Crippen molar-refractivity contribution in [2.24, 2.45) is 11.7 Å². The molecule has 0 fully saturated rings. The van der Waals surface area contributed by atoms with Gasteiger partial charge in [-0.3, -0.25) is 9.59 Å². The molecule has 0 aliphatic rings. The normalized spacial score (nSPS) is 14.0. The maximum atomic E-state index is 12.3. The third-order valence-electron chi connectivity index (χ3n) is 5.33. The zero-order valence-electron chi connectivity index (χ0n) is 19.0. The van der Waals surface area contributed by atoms with E-state index in [2.05, 4.69) is 6.92 Å². The maximum Gasteiger partial charge on any atom is 0.315 e. The zero-order valence-corrected chi connectivity index (χ0v) is 19.0. The largest absolute Gasteiger partial charge is 0.481 e. The molecule has 0 spiro atoms. The second-order valence-corrected chi connectivity index (χ2v) is 9.41. The maximum absolute atomic E-state index is 12.3. The zero-order chi connectivity index (χ0) is 21.4. The lowest BCUT2D eigenvalue weighted by Gasteiger charge is -2.29. The van der Waals surface area contributed by atoms with Gasteiger partial charge in [0.05, 0.1) is 33.7 Å². The van der Waals surface area contributed by atoms with Gasteiger partial charge in [0.2, 0.25) is 0 Å². The van der Waals surface area contributed by atoms with Crippen LogP contribution in [0.3, 0.4) is 0 Å². The van der Waals surface area contributed by atoms with E-state index < -0.39 is 17.9 Å². The topological polar surface area (TPSA) is 80.4 Å². The first-order chi connectivity index (χ1) is 13.2. The summed E-state index contributed by atoms with van der Waals surface area (Å²) in [6.45, 7) is 2.73. The number of ketones is 1. The number of hydrogen-bond acceptors (Lipinski definition) is 3. The second-order valence-electron chi connectivity index (χ2n) is 9.41. The Morgan fingerprint density at radius 2 is 1.18 bits per heavy atom. The van der Waals surface area contributed by atoms with Gasteiger partial charge in [-0.05, 0) is 6.42 Å². The van der Waals surface area contributed by atoms with E-state index in [1.54, 1.807) is 0 Å². The molecule has 166 valence electrons. The fourth-order valence-electron chi connectivity index (χ4n) is 3.77. The number of aliphatic carboxylic acids is 1. The van der Waals surface area contributed by atoms with Gasteiger partial charge in [0.25, 0.3) is 0 Å². The van der Waals surface area contributed by atoms with Gasteiger partial charge >= 0.3 is 5.97 Å². The molecule has 0 aliphatic carbocycles. The summed E-state index contributed by atoms with van der Waals surface area (Å²) in [5, 5.41) is 9.41. The van der Waals surface area contributed by atoms with E-state index in [0.29, 0.717) is 17.4 Å². The van der Waals surface area contributed by atoms with Crippen molar-refractivity contribution in [2.75, 3.05) is 27.7 Å². The molecule has 5 nitrogen and oxygen atoms in total. The molecular weight excluding hydrogens is 352 g/mol. The Balaban J connectivity index is 3.77. The first-order valence-electron chi connectivity index (χ1n) is 11.5. The minimum atomic E-state index is -1.08. The van der Waals surface area contributed by atoms with Gasteiger partial charge in [0.15, 0.2) is 0 Å². The second kappa shape index (κ2) is 15.9. The summed E-state index contributed by atoms with van der Waals surface area (Å²) in [6, 6.07) is -0.632. The van der Waals surface area contributed by atoms with Gasteiger partial charge in [-0.15, -0.1) is 0 Å². The van der Waals surface area contributed by atoms with Crippen molar-refractivity contribution in [3.8, 4) is 0 Å². The third-order valence-corrected chi connectivity index (χ3v) is 5.33. The number of carboxylic acids is 1. The molecule has 2 unspecified atom stereocenters. The van der Waals surface area contributed by atoms with Crippen LogP contribution in [-0.2, 0) is 9.59 Å². The Morgan fingerprint density at radius 3 is 1.54 bits per heavy atom. The quantitative estimate of drug-likeness (QED) is 0.186. The molecule has 2 atom stereocenters. The van der Waals surface area contributed by atoms with E-state index in [4.69, 9.17) is 5.73 Å². The summed E-state index contributed by atoms with van der Waals surface area (Å²) in [5.41, 5.74) is 6.03. The van der Waals surface area contributed by atoms with Gasteiger partial charge in [0, 0.05) is 6.42 Å². The lowest BCUT2D eigenvalue weighted by molar-refractivity contribution is -0.871. The van der Waals surface area contributed by atoms with Gasteiger partial charge < -0.3 is 15.3 Å². The molecule has 0 amide bonds. The lowest BCUT2D eigenvalue weighted by atomic mass is 9.91. The number of Topliss-reactive ketones (excluding diaryl/α,β-unsaturated/α-hetero) is 1. The molecule has 0 aromatic carbocycles. The molecule has 0 bridgehead atoms. The van der Waals surface area contributed by atoms with Crippen LogP contribution in [0.4, 0.5) is 0 Å². The Hall–Kier alpha value is -0.940. The smallest absolute Gasteiger partial charge is 0.315 e. The average Bonchev–Trinajstić information content (AvgIpc) is 2.57. The molecule has 28 heavy (non-hydrogen) atoms. The highest BCUT2D eigenvalue weighted by Crippen LogP contribution is 2.15. The molecule has 0 radical (unpaired) electrons.